The summed E-state index contributed by atoms with van der Waals surface area (Å²) in [4.78, 5) is 11.4. The fourth-order valence-electron chi connectivity index (χ4n) is 4.17. The third-order valence-electron chi connectivity index (χ3n) is 5.67. The molecule has 30 heavy (non-hydrogen) atoms. The van der Waals surface area contributed by atoms with Crippen molar-refractivity contribution in [2.24, 2.45) is 0 Å². The van der Waals surface area contributed by atoms with Crippen LogP contribution in [0.15, 0.2) is 78.4 Å². The van der Waals surface area contributed by atoms with E-state index in [0.717, 1.165) is 29.9 Å². The monoisotopic (exact) mass is 409 g/mol. The molecule has 0 saturated carbocycles. The Labute approximate surface area is 178 Å². The maximum atomic E-state index is 6.09. The molecule has 5 aromatic rings. The van der Waals surface area contributed by atoms with Crippen molar-refractivity contribution >= 4 is 38.1 Å². The SMILES string of the molecule is c1ccc2c(N3CCOc4ccc(-c5ccc6scnc6c5)cc4C3)ccnc2c1. The smallest absolute Gasteiger partial charge is 0.124 e. The van der Waals surface area contributed by atoms with Crippen LogP contribution in [-0.2, 0) is 6.54 Å². The zero-order chi connectivity index (χ0) is 19.9. The first-order valence-electron chi connectivity index (χ1n) is 10.0. The van der Waals surface area contributed by atoms with Crippen molar-refractivity contribution in [3.8, 4) is 16.9 Å². The number of hydrogen-bond acceptors (Lipinski definition) is 5. The number of aromatic nitrogens is 2. The van der Waals surface area contributed by atoms with Crippen LogP contribution in [0.1, 0.15) is 5.56 Å². The summed E-state index contributed by atoms with van der Waals surface area (Å²) in [5.74, 6) is 0.967. The van der Waals surface area contributed by atoms with Gasteiger partial charge in [0, 0.05) is 29.4 Å². The third-order valence-corrected chi connectivity index (χ3v) is 6.48. The Morgan fingerprint density at radius 3 is 2.77 bits per heavy atom. The van der Waals surface area contributed by atoms with Crippen LogP contribution in [0.3, 0.4) is 0 Å². The summed E-state index contributed by atoms with van der Waals surface area (Å²) in [5, 5.41) is 1.17. The van der Waals surface area contributed by atoms with E-state index >= 15 is 0 Å². The average molecular weight is 410 g/mol. The molecular weight excluding hydrogens is 390 g/mol. The Hall–Kier alpha value is -3.44. The first-order chi connectivity index (χ1) is 14.8. The molecule has 6 rings (SSSR count). The molecule has 146 valence electrons. The highest BCUT2D eigenvalue weighted by Crippen LogP contribution is 2.34. The van der Waals surface area contributed by atoms with E-state index in [1.54, 1.807) is 11.3 Å². The summed E-state index contributed by atoms with van der Waals surface area (Å²) in [6.45, 7) is 2.30. The molecule has 0 atom stereocenters. The molecule has 3 heterocycles. The van der Waals surface area contributed by atoms with Gasteiger partial charge in [0.15, 0.2) is 0 Å². The summed E-state index contributed by atoms with van der Waals surface area (Å²) >= 11 is 1.67. The second-order valence-electron chi connectivity index (χ2n) is 7.47. The Morgan fingerprint density at radius 1 is 0.867 bits per heavy atom. The molecular formula is C25H19N3OS. The number of anilines is 1. The molecule has 0 bridgehead atoms. The van der Waals surface area contributed by atoms with Crippen LogP contribution in [0.5, 0.6) is 5.75 Å². The second kappa shape index (κ2) is 7.11. The van der Waals surface area contributed by atoms with E-state index < -0.39 is 0 Å². The molecule has 2 aromatic heterocycles. The number of rotatable bonds is 2. The zero-order valence-corrected chi connectivity index (χ0v) is 17.1. The van der Waals surface area contributed by atoms with Gasteiger partial charge < -0.3 is 9.64 Å². The normalized spacial score (nSPS) is 13.8. The number of benzene rings is 3. The Bertz CT molecular complexity index is 1370. The summed E-state index contributed by atoms with van der Waals surface area (Å²) in [7, 11) is 0. The lowest BCUT2D eigenvalue weighted by molar-refractivity contribution is 0.332. The molecule has 0 saturated heterocycles. The minimum Gasteiger partial charge on any atom is -0.491 e. The van der Waals surface area contributed by atoms with Crippen LogP contribution in [0, 0.1) is 0 Å². The van der Waals surface area contributed by atoms with Crippen molar-refractivity contribution in [3.05, 3.63) is 84.0 Å². The fourth-order valence-corrected chi connectivity index (χ4v) is 4.83. The minimum absolute atomic E-state index is 0.660. The highest BCUT2D eigenvalue weighted by Gasteiger charge is 2.18. The van der Waals surface area contributed by atoms with Crippen molar-refractivity contribution in [1.29, 1.82) is 0 Å². The molecule has 0 fully saturated rings. The largest absolute Gasteiger partial charge is 0.491 e. The quantitative estimate of drug-likeness (QED) is 0.363. The fraction of sp³-hybridized carbons (Fsp3) is 0.120. The third kappa shape index (κ3) is 2.99. The minimum atomic E-state index is 0.660. The van der Waals surface area contributed by atoms with Gasteiger partial charge in [0.05, 0.1) is 27.8 Å². The topological polar surface area (TPSA) is 38.2 Å². The van der Waals surface area contributed by atoms with Gasteiger partial charge in [-0.05, 0) is 47.5 Å². The number of fused-ring (bicyclic) bond motifs is 3. The van der Waals surface area contributed by atoms with Crippen molar-refractivity contribution < 1.29 is 4.74 Å². The summed E-state index contributed by atoms with van der Waals surface area (Å²) < 4.78 is 7.31. The van der Waals surface area contributed by atoms with E-state index in [1.807, 2.05) is 17.8 Å². The van der Waals surface area contributed by atoms with E-state index in [1.165, 1.54) is 32.5 Å². The number of pyridine rings is 1. The molecule has 0 radical (unpaired) electrons. The van der Waals surface area contributed by atoms with E-state index in [-0.39, 0.29) is 0 Å². The van der Waals surface area contributed by atoms with Gasteiger partial charge in [-0.15, -0.1) is 11.3 Å². The standard InChI is InChI=1S/C25H19N3OS/c1-2-4-21-20(3-1)23(9-10-26-21)28-11-12-29-24-7-5-17(13-19(24)15-28)18-6-8-25-22(14-18)27-16-30-25/h1-10,13-14,16H,11-12,15H2. The number of para-hydroxylation sites is 1. The Kier molecular flexibility index (Phi) is 4.13. The van der Waals surface area contributed by atoms with Crippen molar-refractivity contribution in [3.63, 3.8) is 0 Å². The lowest BCUT2D eigenvalue weighted by Gasteiger charge is -2.23. The summed E-state index contributed by atoms with van der Waals surface area (Å²) in [6, 6.07) is 23.4. The molecule has 4 nitrogen and oxygen atoms in total. The predicted octanol–water partition coefficient (Wildman–Crippen LogP) is 5.91. The number of thiazole rings is 1. The molecule has 3 aromatic carbocycles. The van der Waals surface area contributed by atoms with Gasteiger partial charge >= 0.3 is 0 Å². The zero-order valence-electron chi connectivity index (χ0n) is 16.3. The molecule has 5 heteroatoms. The highest BCUT2D eigenvalue weighted by molar-refractivity contribution is 7.16. The van der Waals surface area contributed by atoms with Crippen LogP contribution < -0.4 is 9.64 Å². The van der Waals surface area contributed by atoms with Gasteiger partial charge in [-0.3, -0.25) is 4.98 Å². The summed E-state index contributed by atoms with van der Waals surface area (Å²) in [6.07, 6.45) is 1.89. The second-order valence-corrected chi connectivity index (χ2v) is 8.36. The van der Waals surface area contributed by atoms with Crippen molar-refractivity contribution in [1.82, 2.24) is 9.97 Å². The highest BCUT2D eigenvalue weighted by atomic mass is 32.1. The van der Waals surface area contributed by atoms with Crippen LogP contribution in [0.4, 0.5) is 5.69 Å². The Morgan fingerprint density at radius 2 is 1.77 bits per heavy atom. The van der Waals surface area contributed by atoms with E-state index in [0.29, 0.717) is 6.61 Å². The molecule has 0 unspecified atom stereocenters. The lowest BCUT2D eigenvalue weighted by atomic mass is 10.0. The predicted molar refractivity (Wildman–Crippen MR) is 123 cm³/mol. The number of hydrogen-bond donors (Lipinski definition) is 0. The summed E-state index contributed by atoms with van der Waals surface area (Å²) in [5.41, 5.74) is 8.74. The maximum Gasteiger partial charge on any atom is 0.124 e. The average Bonchev–Trinajstić information content (AvgIpc) is 3.16. The van der Waals surface area contributed by atoms with Crippen LogP contribution in [0.2, 0.25) is 0 Å². The van der Waals surface area contributed by atoms with E-state index in [9.17, 15) is 0 Å². The molecule has 0 amide bonds. The van der Waals surface area contributed by atoms with Gasteiger partial charge in [0.1, 0.15) is 12.4 Å². The molecule has 1 aliphatic heterocycles. The van der Waals surface area contributed by atoms with Gasteiger partial charge in [-0.2, -0.15) is 0 Å². The maximum absolute atomic E-state index is 6.09. The lowest BCUT2D eigenvalue weighted by Crippen LogP contribution is -2.25. The van der Waals surface area contributed by atoms with Crippen LogP contribution >= 0.6 is 11.3 Å². The van der Waals surface area contributed by atoms with Crippen LogP contribution in [0.25, 0.3) is 32.2 Å². The first-order valence-corrected chi connectivity index (χ1v) is 10.9. The van der Waals surface area contributed by atoms with Gasteiger partial charge in [0.2, 0.25) is 0 Å². The Balaban J connectivity index is 1.40. The van der Waals surface area contributed by atoms with Crippen LogP contribution in [-0.4, -0.2) is 23.1 Å². The van der Waals surface area contributed by atoms with Gasteiger partial charge in [0.25, 0.3) is 0 Å². The van der Waals surface area contributed by atoms with Gasteiger partial charge in [-0.1, -0.05) is 30.3 Å². The van der Waals surface area contributed by atoms with Crippen molar-refractivity contribution in [2.45, 2.75) is 6.54 Å². The number of nitrogens with zero attached hydrogens (tertiary/aromatic N) is 3. The van der Waals surface area contributed by atoms with Gasteiger partial charge in [-0.25, -0.2) is 4.98 Å². The molecule has 0 N–H and O–H groups in total. The first kappa shape index (κ1) is 17.4. The molecule has 0 spiro atoms. The van der Waals surface area contributed by atoms with E-state index in [4.69, 9.17) is 4.74 Å². The van der Waals surface area contributed by atoms with E-state index in [2.05, 4.69) is 75.5 Å². The molecule has 0 aliphatic carbocycles. The molecule has 1 aliphatic rings. The van der Waals surface area contributed by atoms with Crippen molar-refractivity contribution in [2.75, 3.05) is 18.1 Å². The number of ether oxygens (including phenoxy) is 1.